The number of rotatable bonds is 5. The van der Waals surface area contributed by atoms with Crippen LogP contribution in [0.4, 0.5) is 17.3 Å². The second-order valence-electron chi connectivity index (χ2n) is 6.60. The molecule has 2 heterocycles. The summed E-state index contributed by atoms with van der Waals surface area (Å²) in [6.45, 7) is 9.91. The zero-order chi connectivity index (χ0) is 17.8. The van der Waals surface area contributed by atoms with E-state index in [1.165, 1.54) is 0 Å². The Kier molecular flexibility index (Phi) is 5.26. The van der Waals surface area contributed by atoms with Crippen LogP contribution < -0.4 is 19.9 Å². The lowest BCUT2D eigenvalue weighted by atomic mass is 10.2. The molecule has 134 valence electrons. The van der Waals surface area contributed by atoms with Crippen LogP contribution in [-0.4, -0.2) is 49.3 Å². The summed E-state index contributed by atoms with van der Waals surface area (Å²) in [6, 6.07) is 10.6. The lowest BCUT2D eigenvalue weighted by molar-refractivity contribution is 0.413. The minimum absolute atomic E-state index is 0.351. The molecule has 1 fully saturated rings. The highest BCUT2D eigenvalue weighted by molar-refractivity contribution is 5.60. The summed E-state index contributed by atoms with van der Waals surface area (Å²) in [6.07, 6.45) is 0. The second-order valence-corrected chi connectivity index (χ2v) is 6.60. The van der Waals surface area contributed by atoms with Gasteiger partial charge < -0.3 is 19.9 Å². The fourth-order valence-corrected chi connectivity index (χ4v) is 3.15. The molecular formula is C19H27N5O. The van der Waals surface area contributed by atoms with Crippen molar-refractivity contribution in [3.05, 3.63) is 36.2 Å². The average molecular weight is 341 g/mol. The van der Waals surface area contributed by atoms with Gasteiger partial charge in [0.15, 0.2) is 0 Å². The Balaban J connectivity index is 1.71. The van der Waals surface area contributed by atoms with Crippen LogP contribution in [0.3, 0.4) is 0 Å². The van der Waals surface area contributed by atoms with Crippen molar-refractivity contribution in [3.8, 4) is 5.75 Å². The van der Waals surface area contributed by atoms with E-state index in [9.17, 15) is 0 Å². The lowest BCUT2D eigenvalue weighted by Gasteiger charge is -2.37. The first kappa shape index (κ1) is 17.3. The largest absolute Gasteiger partial charge is 0.495 e. The van der Waals surface area contributed by atoms with Gasteiger partial charge in [0.1, 0.15) is 23.2 Å². The number of methoxy groups -OCH3 is 1. The van der Waals surface area contributed by atoms with Crippen molar-refractivity contribution in [2.45, 2.75) is 26.8 Å². The number of aromatic nitrogens is 2. The minimum Gasteiger partial charge on any atom is -0.495 e. The van der Waals surface area contributed by atoms with Crippen LogP contribution >= 0.6 is 0 Å². The highest BCUT2D eigenvalue weighted by atomic mass is 16.5. The highest BCUT2D eigenvalue weighted by Crippen LogP contribution is 2.29. The average Bonchev–Trinajstić information content (AvgIpc) is 2.61. The van der Waals surface area contributed by atoms with Crippen LogP contribution in [0.1, 0.15) is 19.7 Å². The maximum absolute atomic E-state index is 5.49. The molecule has 0 aliphatic carbocycles. The van der Waals surface area contributed by atoms with E-state index in [0.29, 0.717) is 6.04 Å². The van der Waals surface area contributed by atoms with E-state index in [2.05, 4.69) is 51.1 Å². The van der Waals surface area contributed by atoms with Gasteiger partial charge in [-0.3, -0.25) is 0 Å². The maximum atomic E-state index is 5.49. The number of benzene rings is 1. The molecule has 2 aromatic rings. The van der Waals surface area contributed by atoms with Crippen LogP contribution in [0.15, 0.2) is 30.3 Å². The van der Waals surface area contributed by atoms with Crippen LogP contribution in [-0.2, 0) is 0 Å². The summed E-state index contributed by atoms with van der Waals surface area (Å²) in [4.78, 5) is 13.8. The van der Waals surface area contributed by atoms with Crippen LogP contribution in [0.25, 0.3) is 0 Å². The van der Waals surface area contributed by atoms with Gasteiger partial charge in [-0.2, -0.15) is 0 Å². The number of piperazine rings is 1. The van der Waals surface area contributed by atoms with Gasteiger partial charge in [0.05, 0.1) is 12.8 Å². The number of hydrogen-bond donors (Lipinski definition) is 1. The first-order chi connectivity index (χ1) is 12.1. The first-order valence-electron chi connectivity index (χ1n) is 8.82. The summed E-state index contributed by atoms with van der Waals surface area (Å²) in [5, 5.41) is 3.37. The van der Waals surface area contributed by atoms with Gasteiger partial charge in [0.2, 0.25) is 0 Å². The van der Waals surface area contributed by atoms with E-state index in [1.54, 1.807) is 7.11 Å². The van der Waals surface area contributed by atoms with Crippen LogP contribution in [0.5, 0.6) is 5.75 Å². The van der Waals surface area contributed by atoms with E-state index in [4.69, 9.17) is 4.74 Å². The summed E-state index contributed by atoms with van der Waals surface area (Å²) < 4.78 is 5.49. The predicted octanol–water partition coefficient (Wildman–Crippen LogP) is 2.94. The molecule has 1 N–H and O–H groups in total. The number of para-hydroxylation sites is 2. The van der Waals surface area contributed by atoms with Crippen molar-refractivity contribution in [2.75, 3.05) is 48.4 Å². The molecule has 25 heavy (non-hydrogen) atoms. The van der Waals surface area contributed by atoms with E-state index < -0.39 is 0 Å². The number of ether oxygens (including phenoxy) is 1. The Morgan fingerprint density at radius 3 is 2.40 bits per heavy atom. The molecule has 0 spiro atoms. The molecule has 1 aliphatic rings. The van der Waals surface area contributed by atoms with Gasteiger partial charge in [-0.25, -0.2) is 9.97 Å². The Bertz CT molecular complexity index is 711. The van der Waals surface area contributed by atoms with Crippen molar-refractivity contribution in [2.24, 2.45) is 0 Å². The quantitative estimate of drug-likeness (QED) is 0.902. The Morgan fingerprint density at radius 2 is 1.72 bits per heavy atom. The Hall–Kier alpha value is -2.50. The zero-order valence-electron chi connectivity index (χ0n) is 15.5. The number of nitrogens with one attached hydrogen (secondary N) is 1. The molecular weight excluding hydrogens is 314 g/mol. The predicted molar refractivity (Wildman–Crippen MR) is 103 cm³/mol. The molecule has 0 unspecified atom stereocenters. The fourth-order valence-electron chi connectivity index (χ4n) is 3.15. The van der Waals surface area contributed by atoms with Gasteiger partial charge in [0, 0.05) is 38.3 Å². The van der Waals surface area contributed by atoms with E-state index >= 15 is 0 Å². The van der Waals surface area contributed by atoms with Gasteiger partial charge >= 0.3 is 0 Å². The molecule has 3 rings (SSSR count). The van der Waals surface area contributed by atoms with Crippen molar-refractivity contribution in [3.63, 3.8) is 0 Å². The second kappa shape index (κ2) is 7.59. The zero-order valence-corrected chi connectivity index (χ0v) is 15.5. The molecule has 0 saturated carbocycles. The molecule has 1 aliphatic heterocycles. The number of hydrogen-bond acceptors (Lipinski definition) is 6. The Labute approximate surface area is 149 Å². The fraction of sp³-hybridized carbons (Fsp3) is 0.474. The van der Waals surface area contributed by atoms with Gasteiger partial charge in [-0.1, -0.05) is 12.1 Å². The molecule has 1 aromatic heterocycles. The summed E-state index contributed by atoms with van der Waals surface area (Å²) in [5.74, 6) is 3.62. The first-order valence-corrected chi connectivity index (χ1v) is 8.82. The summed E-state index contributed by atoms with van der Waals surface area (Å²) >= 11 is 0. The van der Waals surface area contributed by atoms with Crippen molar-refractivity contribution in [1.82, 2.24) is 9.97 Å². The number of aryl methyl sites for hydroxylation is 1. The normalized spacial score (nSPS) is 14.8. The third kappa shape index (κ3) is 4.13. The molecule has 6 heteroatoms. The molecule has 0 radical (unpaired) electrons. The van der Waals surface area contributed by atoms with Crippen molar-refractivity contribution < 1.29 is 4.74 Å². The lowest BCUT2D eigenvalue weighted by Crippen LogP contribution is -2.47. The molecule has 1 aromatic carbocycles. The monoisotopic (exact) mass is 341 g/mol. The summed E-state index contributed by atoms with van der Waals surface area (Å²) in [7, 11) is 1.72. The number of nitrogens with zero attached hydrogens (tertiary/aromatic N) is 4. The van der Waals surface area contributed by atoms with Gasteiger partial charge in [-0.15, -0.1) is 0 Å². The SMILES string of the molecule is COc1ccccc1N1CCN(c2cc(NC(C)C)nc(C)n2)CC1. The number of anilines is 3. The van der Waals surface area contributed by atoms with Crippen LogP contribution in [0, 0.1) is 6.92 Å². The van der Waals surface area contributed by atoms with E-state index in [-0.39, 0.29) is 0 Å². The topological polar surface area (TPSA) is 53.5 Å². The molecule has 0 atom stereocenters. The molecule has 0 amide bonds. The summed E-state index contributed by atoms with van der Waals surface area (Å²) in [5.41, 5.74) is 1.16. The smallest absolute Gasteiger partial charge is 0.142 e. The maximum Gasteiger partial charge on any atom is 0.142 e. The molecule has 6 nitrogen and oxygen atoms in total. The van der Waals surface area contributed by atoms with E-state index in [0.717, 1.165) is 55.1 Å². The third-order valence-electron chi connectivity index (χ3n) is 4.29. The third-order valence-corrected chi connectivity index (χ3v) is 4.29. The van der Waals surface area contributed by atoms with Gasteiger partial charge in [0.25, 0.3) is 0 Å². The van der Waals surface area contributed by atoms with Crippen molar-refractivity contribution in [1.29, 1.82) is 0 Å². The highest BCUT2D eigenvalue weighted by Gasteiger charge is 2.21. The minimum atomic E-state index is 0.351. The van der Waals surface area contributed by atoms with Crippen LogP contribution in [0.2, 0.25) is 0 Å². The van der Waals surface area contributed by atoms with Crippen molar-refractivity contribution >= 4 is 17.3 Å². The van der Waals surface area contributed by atoms with Gasteiger partial charge in [-0.05, 0) is 32.9 Å². The molecule has 0 bridgehead atoms. The standard InChI is InChI=1S/C19H27N5O/c1-14(2)20-18-13-19(22-15(3)21-18)24-11-9-23(10-12-24)16-7-5-6-8-17(16)25-4/h5-8,13-14H,9-12H2,1-4H3,(H,20,21,22). The molecule has 1 saturated heterocycles. The Morgan fingerprint density at radius 1 is 1.04 bits per heavy atom. The van der Waals surface area contributed by atoms with E-state index in [1.807, 2.05) is 25.1 Å².